The normalized spacial score (nSPS) is 24.6. The van der Waals surface area contributed by atoms with Gasteiger partial charge in [-0.25, -0.2) is 4.79 Å². The summed E-state index contributed by atoms with van der Waals surface area (Å²) in [6.45, 7) is 3.94. The largest absolute Gasteiger partial charge is 0.504 e. The van der Waals surface area contributed by atoms with Crippen LogP contribution in [0.5, 0.6) is 0 Å². The standard InChI is InChI=1S/C22H26N2O3/c1-4-14-12-24-10-9-16-15-7-5-6-8-19(15)23-21(16)20(24)11-17(14)18(13-26-2)22(25)27-3/h4-8,13,17,20,23H,9-12H2,1-3H3/b14-4+,18-13+/t17-,20+/m1/s1. The van der Waals surface area contributed by atoms with Crippen molar-refractivity contribution in [2.45, 2.75) is 25.8 Å². The number of para-hydroxylation sites is 1. The molecule has 1 N–H and O–H groups in total. The van der Waals surface area contributed by atoms with E-state index in [0.717, 1.165) is 25.9 Å². The third kappa shape index (κ3) is 2.96. The molecule has 2 aliphatic rings. The molecule has 0 bridgehead atoms. The van der Waals surface area contributed by atoms with Crippen molar-refractivity contribution in [3.8, 4) is 0 Å². The topological polar surface area (TPSA) is 54.6 Å². The molecule has 27 heavy (non-hydrogen) atoms. The van der Waals surface area contributed by atoms with Crippen LogP contribution in [0.1, 0.15) is 30.6 Å². The Morgan fingerprint density at radius 3 is 2.85 bits per heavy atom. The van der Waals surface area contributed by atoms with Gasteiger partial charge in [-0.1, -0.05) is 29.8 Å². The van der Waals surface area contributed by atoms with Crippen LogP contribution in [-0.4, -0.2) is 43.2 Å². The van der Waals surface area contributed by atoms with Gasteiger partial charge in [-0.2, -0.15) is 0 Å². The zero-order valence-corrected chi connectivity index (χ0v) is 16.1. The van der Waals surface area contributed by atoms with E-state index >= 15 is 0 Å². The monoisotopic (exact) mass is 366 g/mol. The number of aromatic nitrogens is 1. The van der Waals surface area contributed by atoms with Crippen LogP contribution in [0.3, 0.4) is 0 Å². The lowest BCUT2D eigenvalue weighted by molar-refractivity contribution is -0.137. The van der Waals surface area contributed by atoms with E-state index in [2.05, 4.69) is 40.2 Å². The number of nitrogens with zero attached hydrogens (tertiary/aromatic N) is 1. The van der Waals surface area contributed by atoms with E-state index in [1.807, 2.05) is 6.92 Å². The van der Waals surface area contributed by atoms with E-state index in [0.29, 0.717) is 5.57 Å². The lowest BCUT2D eigenvalue weighted by Gasteiger charge is -2.44. The van der Waals surface area contributed by atoms with Crippen LogP contribution in [0.4, 0.5) is 0 Å². The molecule has 0 saturated carbocycles. The Morgan fingerprint density at radius 2 is 2.11 bits per heavy atom. The minimum absolute atomic E-state index is 0.000937. The lowest BCUT2D eigenvalue weighted by atomic mass is 9.78. The molecule has 3 heterocycles. The molecule has 1 saturated heterocycles. The molecule has 1 aromatic carbocycles. The van der Waals surface area contributed by atoms with Crippen molar-refractivity contribution < 1.29 is 14.3 Å². The number of hydrogen-bond acceptors (Lipinski definition) is 4. The maximum atomic E-state index is 12.4. The van der Waals surface area contributed by atoms with Crippen molar-refractivity contribution in [3.63, 3.8) is 0 Å². The predicted octanol–water partition coefficient (Wildman–Crippen LogP) is 3.74. The Bertz CT molecular complexity index is 925. The van der Waals surface area contributed by atoms with E-state index in [4.69, 9.17) is 9.47 Å². The predicted molar refractivity (Wildman–Crippen MR) is 105 cm³/mol. The Balaban J connectivity index is 1.75. The number of H-pyrrole nitrogens is 1. The Kier molecular flexibility index (Phi) is 4.79. The highest BCUT2D eigenvalue weighted by Crippen LogP contribution is 2.44. The van der Waals surface area contributed by atoms with Gasteiger partial charge in [0.15, 0.2) is 0 Å². The lowest BCUT2D eigenvalue weighted by Crippen LogP contribution is -2.43. The van der Waals surface area contributed by atoms with Crippen molar-refractivity contribution in [2.24, 2.45) is 5.92 Å². The van der Waals surface area contributed by atoms with Crippen LogP contribution in [0.15, 0.2) is 47.7 Å². The fourth-order valence-electron chi connectivity index (χ4n) is 4.68. The summed E-state index contributed by atoms with van der Waals surface area (Å²) >= 11 is 0. The summed E-state index contributed by atoms with van der Waals surface area (Å²) in [5.41, 5.74) is 5.75. The van der Waals surface area contributed by atoms with Gasteiger partial charge < -0.3 is 14.5 Å². The van der Waals surface area contributed by atoms with Gasteiger partial charge in [0.2, 0.25) is 0 Å². The molecule has 2 atom stereocenters. The zero-order chi connectivity index (χ0) is 19.0. The first-order valence-corrected chi connectivity index (χ1v) is 9.47. The van der Waals surface area contributed by atoms with Crippen LogP contribution < -0.4 is 0 Å². The number of nitrogens with one attached hydrogen (secondary N) is 1. The third-order valence-electron chi connectivity index (χ3n) is 5.97. The number of carbonyl (C=O) groups is 1. The Labute approximate surface area is 159 Å². The second kappa shape index (κ2) is 7.24. The highest BCUT2D eigenvalue weighted by atomic mass is 16.5. The van der Waals surface area contributed by atoms with Crippen LogP contribution >= 0.6 is 0 Å². The molecule has 4 rings (SSSR count). The Morgan fingerprint density at radius 1 is 1.30 bits per heavy atom. The number of carbonyl (C=O) groups excluding carboxylic acids is 1. The van der Waals surface area contributed by atoms with E-state index in [-0.39, 0.29) is 17.9 Å². The van der Waals surface area contributed by atoms with Gasteiger partial charge in [-0.05, 0) is 31.4 Å². The highest BCUT2D eigenvalue weighted by Gasteiger charge is 2.40. The number of fused-ring (bicyclic) bond motifs is 5. The first-order valence-electron chi connectivity index (χ1n) is 9.47. The van der Waals surface area contributed by atoms with Gasteiger partial charge in [0.25, 0.3) is 0 Å². The molecule has 1 fully saturated rings. The maximum Gasteiger partial charge on any atom is 0.337 e. The fourth-order valence-corrected chi connectivity index (χ4v) is 4.68. The summed E-state index contributed by atoms with van der Waals surface area (Å²) in [6.07, 6.45) is 5.57. The molecule has 2 aromatic rings. The number of esters is 1. The first-order chi connectivity index (χ1) is 13.2. The molecular weight excluding hydrogens is 340 g/mol. The average Bonchev–Trinajstić information content (AvgIpc) is 3.09. The van der Waals surface area contributed by atoms with E-state index < -0.39 is 0 Å². The number of benzene rings is 1. The molecule has 2 aliphatic heterocycles. The second-order valence-corrected chi connectivity index (χ2v) is 7.25. The molecule has 0 aliphatic carbocycles. The molecular formula is C22H26N2O3. The van der Waals surface area contributed by atoms with E-state index in [1.54, 1.807) is 13.4 Å². The van der Waals surface area contributed by atoms with Crippen LogP contribution in [0.2, 0.25) is 0 Å². The minimum Gasteiger partial charge on any atom is -0.504 e. The van der Waals surface area contributed by atoms with Crippen molar-refractivity contribution >= 4 is 16.9 Å². The van der Waals surface area contributed by atoms with Crippen molar-refractivity contribution in [3.05, 3.63) is 59.0 Å². The molecule has 0 radical (unpaired) electrons. The Hall–Kier alpha value is -2.53. The summed E-state index contributed by atoms with van der Waals surface area (Å²) < 4.78 is 10.2. The smallest absolute Gasteiger partial charge is 0.337 e. The summed E-state index contributed by atoms with van der Waals surface area (Å²) in [6, 6.07) is 8.77. The average molecular weight is 366 g/mol. The van der Waals surface area contributed by atoms with Crippen molar-refractivity contribution in [2.75, 3.05) is 27.3 Å². The van der Waals surface area contributed by atoms with Gasteiger partial charge in [-0.3, -0.25) is 4.90 Å². The van der Waals surface area contributed by atoms with Crippen molar-refractivity contribution in [1.29, 1.82) is 0 Å². The summed E-state index contributed by atoms with van der Waals surface area (Å²) in [5.74, 6) is -0.316. The number of aromatic amines is 1. The number of ether oxygens (including phenoxy) is 2. The van der Waals surface area contributed by atoms with Crippen molar-refractivity contribution in [1.82, 2.24) is 9.88 Å². The third-order valence-corrected chi connectivity index (χ3v) is 5.97. The summed E-state index contributed by atoms with van der Waals surface area (Å²) in [5, 5.41) is 1.32. The summed E-state index contributed by atoms with van der Waals surface area (Å²) in [4.78, 5) is 18.6. The number of methoxy groups -OCH3 is 2. The maximum absolute atomic E-state index is 12.4. The molecule has 5 nitrogen and oxygen atoms in total. The number of piperidine rings is 1. The van der Waals surface area contributed by atoms with Gasteiger partial charge in [-0.15, -0.1) is 0 Å². The molecule has 0 unspecified atom stereocenters. The number of rotatable bonds is 3. The minimum atomic E-state index is -0.317. The van der Waals surface area contributed by atoms with Gasteiger partial charge in [0.05, 0.1) is 32.1 Å². The number of allylic oxidation sites excluding steroid dienone is 1. The number of hydrogen-bond donors (Lipinski definition) is 1. The van der Waals surface area contributed by atoms with Crippen LogP contribution in [0.25, 0.3) is 10.9 Å². The van der Waals surface area contributed by atoms with Crippen LogP contribution in [0, 0.1) is 5.92 Å². The molecule has 0 spiro atoms. The van der Waals surface area contributed by atoms with E-state index in [1.165, 1.54) is 34.8 Å². The van der Waals surface area contributed by atoms with Gasteiger partial charge in [0, 0.05) is 35.6 Å². The fraction of sp³-hybridized carbons (Fsp3) is 0.409. The van der Waals surface area contributed by atoms with Gasteiger partial charge >= 0.3 is 5.97 Å². The summed E-state index contributed by atoms with van der Waals surface area (Å²) in [7, 11) is 3.00. The SMILES string of the molecule is C/C=C1\CN2CCc3c([nH]c4ccccc34)[C@@H]2C[C@H]1/C(=C\OC)C(=O)OC. The second-order valence-electron chi connectivity index (χ2n) is 7.25. The molecule has 5 heteroatoms. The highest BCUT2D eigenvalue weighted by molar-refractivity contribution is 5.89. The zero-order valence-electron chi connectivity index (χ0n) is 16.1. The molecule has 142 valence electrons. The van der Waals surface area contributed by atoms with E-state index in [9.17, 15) is 4.79 Å². The molecule has 0 amide bonds. The van der Waals surface area contributed by atoms with Gasteiger partial charge in [0.1, 0.15) is 0 Å². The quantitative estimate of drug-likeness (QED) is 0.389. The first kappa shape index (κ1) is 17.9. The van der Waals surface area contributed by atoms with Crippen LogP contribution in [-0.2, 0) is 20.7 Å². The molecule has 1 aromatic heterocycles.